The van der Waals surface area contributed by atoms with Gasteiger partial charge in [-0.2, -0.15) is 4.98 Å². The van der Waals surface area contributed by atoms with E-state index in [1.807, 2.05) is 0 Å². The minimum Gasteiger partial charge on any atom is -0.339 e. The van der Waals surface area contributed by atoms with Gasteiger partial charge in [0, 0.05) is 31.1 Å². The van der Waals surface area contributed by atoms with Crippen molar-refractivity contribution in [3.8, 4) is 0 Å². The summed E-state index contributed by atoms with van der Waals surface area (Å²) in [6, 6.07) is 6.34. The summed E-state index contributed by atoms with van der Waals surface area (Å²) in [5.41, 5.74) is 0.397. The zero-order valence-electron chi connectivity index (χ0n) is 13.8. The standard InChI is InChI=1S/C17H18N4O4/c1-12-18-17(25-19-12)14-8-10-20(11-9-14)16(22)7-6-13-4-2-3-5-15(13)21(23)24/h2-7,14H,8-11H2,1H3/b7-6-. The number of carbonyl (C=O) groups excluding carboxylic acids is 1. The minimum atomic E-state index is -0.456. The van der Waals surface area contributed by atoms with Crippen LogP contribution in [-0.2, 0) is 4.79 Å². The Labute approximate surface area is 144 Å². The first kappa shape index (κ1) is 16.8. The van der Waals surface area contributed by atoms with Gasteiger partial charge in [-0.05, 0) is 31.9 Å². The third-order valence-corrected chi connectivity index (χ3v) is 4.24. The Bertz CT molecular complexity index is 806. The van der Waals surface area contributed by atoms with E-state index < -0.39 is 4.92 Å². The molecule has 0 N–H and O–H groups in total. The van der Waals surface area contributed by atoms with Crippen LogP contribution in [0.25, 0.3) is 6.08 Å². The average Bonchev–Trinajstić information content (AvgIpc) is 3.06. The van der Waals surface area contributed by atoms with Crippen molar-refractivity contribution in [1.29, 1.82) is 0 Å². The van der Waals surface area contributed by atoms with E-state index in [1.165, 1.54) is 18.2 Å². The van der Waals surface area contributed by atoms with Crippen molar-refractivity contribution in [2.24, 2.45) is 0 Å². The van der Waals surface area contributed by atoms with Gasteiger partial charge >= 0.3 is 0 Å². The second-order valence-electron chi connectivity index (χ2n) is 5.93. The molecule has 1 saturated heterocycles. The topological polar surface area (TPSA) is 102 Å². The van der Waals surface area contributed by atoms with Crippen LogP contribution in [0.4, 0.5) is 5.69 Å². The molecule has 3 rings (SSSR count). The molecule has 0 spiro atoms. The van der Waals surface area contributed by atoms with Crippen LogP contribution in [0.15, 0.2) is 34.9 Å². The molecule has 0 unspecified atom stereocenters. The number of aromatic nitrogens is 2. The SMILES string of the molecule is Cc1noc(C2CCN(C(=O)/C=C\c3ccccc3[N+](=O)[O-])CC2)n1. The monoisotopic (exact) mass is 342 g/mol. The molecule has 25 heavy (non-hydrogen) atoms. The predicted molar refractivity (Wildman–Crippen MR) is 89.7 cm³/mol. The van der Waals surface area contributed by atoms with E-state index in [2.05, 4.69) is 10.1 Å². The number of nitro benzene ring substituents is 1. The van der Waals surface area contributed by atoms with Gasteiger partial charge in [0.25, 0.3) is 5.69 Å². The van der Waals surface area contributed by atoms with Gasteiger partial charge in [0.15, 0.2) is 5.82 Å². The van der Waals surface area contributed by atoms with Gasteiger partial charge in [0.2, 0.25) is 11.8 Å². The molecule has 8 nitrogen and oxygen atoms in total. The van der Waals surface area contributed by atoms with E-state index in [9.17, 15) is 14.9 Å². The summed E-state index contributed by atoms with van der Waals surface area (Å²) >= 11 is 0. The number of piperidine rings is 1. The number of para-hydroxylation sites is 1. The molecule has 0 bridgehead atoms. The lowest BCUT2D eigenvalue weighted by atomic mass is 9.96. The van der Waals surface area contributed by atoms with E-state index in [0.717, 1.165) is 12.8 Å². The quantitative estimate of drug-likeness (QED) is 0.481. The molecule has 0 aliphatic carbocycles. The smallest absolute Gasteiger partial charge is 0.276 e. The molecule has 8 heteroatoms. The van der Waals surface area contributed by atoms with Crippen LogP contribution in [0.1, 0.15) is 36.0 Å². The van der Waals surface area contributed by atoms with Crippen molar-refractivity contribution < 1.29 is 14.2 Å². The molecule has 1 aromatic heterocycles. The van der Waals surface area contributed by atoms with Crippen LogP contribution in [0.2, 0.25) is 0 Å². The van der Waals surface area contributed by atoms with E-state index >= 15 is 0 Å². The number of nitro groups is 1. The Hall–Kier alpha value is -3.03. The molecule has 1 aliphatic rings. The molecule has 1 aliphatic heterocycles. The van der Waals surface area contributed by atoms with E-state index in [1.54, 1.807) is 30.0 Å². The van der Waals surface area contributed by atoms with Gasteiger partial charge in [0.1, 0.15) is 0 Å². The van der Waals surface area contributed by atoms with E-state index in [-0.39, 0.29) is 17.5 Å². The van der Waals surface area contributed by atoms with Gasteiger partial charge in [-0.1, -0.05) is 17.3 Å². The third kappa shape index (κ3) is 3.90. The molecule has 0 saturated carbocycles. The average molecular weight is 342 g/mol. The van der Waals surface area contributed by atoms with Crippen LogP contribution in [0.5, 0.6) is 0 Å². The molecular weight excluding hydrogens is 324 g/mol. The summed E-state index contributed by atoms with van der Waals surface area (Å²) in [6.45, 7) is 2.96. The predicted octanol–water partition coefficient (Wildman–Crippen LogP) is 2.71. The highest BCUT2D eigenvalue weighted by Crippen LogP contribution is 2.27. The Morgan fingerprint density at radius 1 is 1.36 bits per heavy atom. The molecule has 0 atom stereocenters. The number of aryl methyl sites for hydroxylation is 1. The Morgan fingerprint density at radius 2 is 2.08 bits per heavy atom. The highest BCUT2D eigenvalue weighted by molar-refractivity contribution is 5.92. The summed E-state index contributed by atoms with van der Waals surface area (Å²) in [4.78, 5) is 28.8. The largest absolute Gasteiger partial charge is 0.339 e. The fourth-order valence-electron chi connectivity index (χ4n) is 2.89. The fraction of sp³-hybridized carbons (Fsp3) is 0.353. The van der Waals surface area contributed by atoms with Crippen molar-refractivity contribution >= 4 is 17.7 Å². The van der Waals surface area contributed by atoms with Gasteiger partial charge in [-0.25, -0.2) is 0 Å². The van der Waals surface area contributed by atoms with Crippen LogP contribution in [-0.4, -0.2) is 39.0 Å². The maximum Gasteiger partial charge on any atom is 0.276 e. The number of nitrogens with zero attached hydrogens (tertiary/aromatic N) is 4. The molecule has 0 radical (unpaired) electrons. The Morgan fingerprint density at radius 3 is 2.72 bits per heavy atom. The first-order valence-electron chi connectivity index (χ1n) is 8.05. The van der Waals surface area contributed by atoms with E-state index in [0.29, 0.717) is 30.4 Å². The number of carbonyl (C=O) groups is 1. The molecule has 1 aromatic carbocycles. The van der Waals surface area contributed by atoms with Crippen LogP contribution in [0, 0.1) is 17.0 Å². The highest BCUT2D eigenvalue weighted by Gasteiger charge is 2.26. The van der Waals surface area contributed by atoms with Crippen LogP contribution < -0.4 is 0 Å². The summed E-state index contributed by atoms with van der Waals surface area (Å²) in [5.74, 6) is 1.25. The number of hydrogen-bond donors (Lipinski definition) is 0. The third-order valence-electron chi connectivity index (χ3n) is 4.24. The number of amides is 1. The molecule has 1 amide bonds. The Kier molecular flexibility index (Phi) is 4.87. The molecule has 2 aromatic rings. The Balaban J connectivity index is 1.61. The first-order valence-corrected chi connectivity index (χ1v) is 8.05. The number of rotatable bonds is 4. The van der Waals surface area contributed by atoms with Crippen molar-refractivity contribution in [2.75, 3.05) is 13.1 Å². The van der Waals surface area contributed by atoms with Crippen molar-refractivity contribution in [2.45, 2.75) is 25.7 Å². The summed E-state index contributed by atoms with van der Waals surface area (Å²) in [6.07, 6.45) is 4.40. The second-order valence-corrected chi connectivity index (χ2v) is 5.93. The lowest BCUT2D eigenvalue weighted by molar-refractivity contribution is -0.385. The number of hydrogen-bond acceptors (Lipinski definition) is 6. The number of benzene rings is 1. The molecular formula is C17H18N4O4. The van der Waals surface area contributed by atoms with Gasteiger partial charge in [-0.3, -0.25) is 14.9 Å². The molecule has 130 valence electrons. The zero-order valence-corrected chi connectivity index (χ0v) is 13.8. The molecule has 1 fully saturated rings. The van der Waals surface area contributed by atoms with Crippen LogP contribution in [0.3, 0.4) is 0 Å². The number of likely N-dealkylation sites (tertiary alicyclic amines) is 1. The maximum atomic E-state index is 12.3. The zero-order chi connectivity index (χ0) is 17.8. The van der Waals surface area contributed by atoms with Crippen molar-refractivity contribution in [1.82, 2.24) is 15.0 Å². The van der Waals surface area contributed by atoms with Gasteiger partial charge < -0.3 is 9.42 Å². The van der Waals surface area contributed by atoms with Gasteiger partial charge in [-0.15, -0.1) is 0 Å². The van der Waals surface area contributed by atoms with Gasteiger partial charge in [0.05, 0.1) is 10.5 Å². The van der Waals surface area contributed by atoms with Crippen molar-refractivity contribution in [3.63, 3.8) is 0 Å². The summed E-state index contributed by atoms with van der Waals surface area (Å²) in [7, 11) is 0. The minimum absolute atomic E-state index is 0.0166. The molecule has 2 heterocycles. The summed E-state index contributed by atoms with van der Waals surface area (Å²) < 4.78 is 5.20. The van der Waals surface area contributed by atoms with Crippen molar-refractivity contribution in [3.05, 3.63) is 57.7 Å². The lowest BCUT2D eigenvalue weighted by Crippen LogP contribution is -2.36. The second kappa shape index (κ2) is 7.25. The summed E-state index contributed by atoms with van der Waals surface area (Å²) in [5, 5.41) is 14.8. The maximum absolute atomic E-state index is 12.3. The first-order chi connectivity index (χ1) is 12.0. The fourth-order valence-corrected chi connectivity index (χ4v) is 2.89. The lowest BCUT2D eigenvalue weighted by Gasteiger charge is -2.29. The van der Waals surface area contributed by atoms with E-state index in [4.69, 9.17) is 4.52 Å². The normalized spacial score (nSPS) is 15.6. The van der Waals surface area contributed by atoms with Crippen LogP contribution >= 0.6 is 0 Å². The highest BCUT2D eigenvalue weighted by atomic mass is 16.6.